The highest BCUT2D eigenvalue weighted by atomic mass is 16.6. The van der Waals surface area contributed by atoms with Gasteiger partial charge in [0.1, 0.15) is 6.10 Å². The lowest BCUT2D eigenvalue weighted by atomic mass is 9.89. The Bertz CT molecular complexity index is 427. The van der Waals surface area contributed by atoms with Gasteiger partial charge >= 0.3 is 5.97 Å². The first-order valence-electron chi connectivity index (χ1n) is 11.4. The second kappa shape index (κ2) is 15.9. The van der Waals surface area contributed by atoms with Gasteiger partial charge in [0, 0.05) is 6.42 Å². The predicted molar refractivity (Wildman–Crippen MR) is 114 cm³/mol. The number of ether oxygens (including phenoxy) is 1. The lowest BCUT2D eigenvalue weighted by molar-refractivity contribution is -0.188. The van der Waals surface area contributed by atoms with Crippen LogP contribution in [0.1, 0.15) is 104 Å². The van der Waals surface area contributed by atoms with Crippen LogP contribution in [0.4, 0.5) is 0 Å². The van der Waals surface area contributed by atoms with E-state index in [4.69, 9.17) is 4.74 Å². The number of cyclic esters (lactones) is 1. The van der Waals surface area contributed by atoms with Gasteiger partial charge in [-0.3, -0.25) is 4.79 Å². The number of hydrogen-bond donors (Lipinski definition) is 1. The quantitative estimate of drug-likeness (QED) is 0.178. The molecule has 1 aliphatic heterocycles. The molecule has 0 bridgehead atoms. The Labute approximate surface area is 167 Å². The number of esters is 1. The van der Waals surface area contributed by atoms with E-state index in [1.807, 2.05) is 6.92 Å². The molecule has 3 heteroatoms. The Balaban J connectivity index is 1.86. The van der Waals surface area contributed by atoms with Gasteiger partial charge in [-0.1, -0.05) is 76.7 Å². The highest BCUT2D eigenvalue weighted by Gasteiger charge is 2.41. The van der Waals surface area contributed by atoms with Gasteiger partial charge < -0.3 is 9.84 Å². The van der Waals surface area contributed by atoms with Crippen LogP contribution in [-0.2, 0) is 9.53 Å². The normalized spacial score (nSPS) is 20.9. The molecule has 156 valence electrons. The summed E-state index contributed by atoms with van der Waals surface area (Å²) < 4.78 is 5.13. The maximum absolute atomic E-state index is 11.2. The standard InChI is InChI=1S/C24H42O3/c1-3-5-6-7-8-9-10-11-12-13-14-15-16-17-18-19-21(25)20-23-22(4-2)24(26)27-23/h8-9,11-12,21-23,25H,3-7,10,13-20H2,1-2H3/t21-,22+,23+/m1/s1. The molecule has 0 aromatic heterocycles. The fraction of sp³-hybridized carbons (Fsp3) is 0.792. The van der Waals surface area contributed by atoms with Gasteiger partial charge in [0.15, 0.2) is 0 Å². The number of hydrogen-bond acceptors (Lipinski definition) is 3. The van der Waals surface area contributed by atoms with E-state index < -0.39 is 0 Å². The summed E-state index contributed by atoms with van der Waals surface area (Å²) in [4.78, 5) is 11.2. The van der Waals surface area contributed by atoms with Gasteiger partial charge in [-0.05, 0) is 44.9 Å². The van der Waals surface area contributed by atoms with E-state index in [0.29, 0.717) is 6.42 Å². The summed E-state index contributed by atoms with van der Waals surface area (Å²) in [6, 6.07) is 0. The summed E-state index contributed by atoms with van der Waals surface area (Å²) in [6.45, 7) is 4.25. The van der Waals surface area contributed by atoms with Crippen LogP contribution in [0.5, 0.6) is 0 Å². The van der Waals surface area contributed by atoms with Crippen molar-refractivity contribution < 1.29 is 14.6 Å². The second-order valence-corrected chi connectivity index (χ2v) is 7.90. The number of aliphatic hydroxyl groups is 1. The number of unbranched alkanes of at least 4 members (excludes halogenated alkanes) is 8. The monoisotopic (exact) mass is 378 g/mol. The number of carbonyl (C=O) groups is 1. The van der Waals surface area contributed by atoms with Crippen molar-refractivity contribution in [2.75, 3.05) is 0 Å². The summed E-state index contributed by atoms with van der Waals surface area (Å²) in [5.74, 6) is -0.0731. The minimum absolute atomic E-state index is 0.0178. The Kier molecular flexibility index (Phi) is 14.1. The van der Waals surface area contributed by atoms with Crippen molar-refractivity contribution in [1.82, 2.24) is 0 Å². The molecule has 0 radical (unpaired) electrons. The summed E-state index contributed by atoms with van der Waals surface area (Å²) in [6.07, 6.45) is 24.5. The van der Waals surface area contributed by atoms with Crippen molar-refractivity contribution in [3.05, 3.63) is 24.3 Å². The smallest absolute Gasteiger partial charge is 0.313 e. The fourth-order valence-electron chi connectivity index (χ4n) is 3.62. The molecule has 1 saturated heterocycles. The van der Waals surface area contributed by atoms with Crippen molar-refractivity contribution >= 4 is 5.97 Å². The van der Waals surface area contributed by atoms with Gasteiger partial charge in [0.25, 0.3) is 0 Å². The molecule has 0 aromatic rings. The van der Waals surface area contributed by atoms with Crippen LogP contribution in [-0.4, -0.2) is 23.3 Å². The molecule has 0 spiro atoms. The molecule has 0 aliphatic carbocycles. The van der Waals surface area contributed by atoms with Crippen molar-refractivity contribution in [3.8, 4) is 0 Å². The van der Waals surface area contributed by atoms with Crippen LogP contribution >= 0.6 is 0 Å². The first kappa shape index (κ1) is 23.9. The molecule has 1 aliphatic rings. The average Bonchev–Trinajstić information content (AvgIpc) is 2.64. The number of carbonyl (C=O) groups excluding carboxylic acids is 1. The zero-order valence-corrected chi connectivity index (χ0v) is 17.7. The molecule has 0 aromatic carbocycles. The third-order valence-corrected chi connectivity index (χ3v) is 5.45. The molecule has 3 atom stereocenters. The number of rotatable bonds is 17. The third kappa shape index (κ3) is 11.4. The van der Waals surface area contributed by atoms with E-state index in [1.54, 1.807) is 0 Å². The maximum atomic E-state index is 11.2. The SMILES string of the molecule is CCCCCC=CCC=CCCCCCCC[C@@H](O)C[C@@H]1OC(=O)[C@H]1CC. The molecule has 0 unspecified atom stereocenters. The number of allylic oxidation sites excluding steroid dienone is 4. The second-order valence-electron chi connectivity index (χ2n) is 7.90. The van der Waals surface area contributed by atoms with Gasteiger partial charge in [0.2, 0.25) is 0 Å². The Morgan fingerprint density at radius 2 is 1.56 bits per heavy atom. The van der Waals surface area contributed by atoms with E-state index >= 15 is 0 Å². The van der Waals surface area contributed by atoms with Gasteiger partial charge in [-0.2, -0.15) is 0 Å². The van der Waals surface area contributed by atoms with Crippen LogP contribution < -0.4 is 0 Å². The molecular weight excluding hydrogens is 336 g/mol. The predicted octanol–water partition coefficient (Wildman–Crippen LogP) is 6.50. The molecule has 0 saturated carbocycles. The zero-order chi connectivity index (χ0) is 19.7. The van der Waals surface area contributed by atoms with Crippen molar-refractivity contribution in [2.45, 2.75) is 116 Å². The van der Waals surface area contributed by atoms with Crippen LogP contribution in [0.15, 0.2) is 24.3 Å². The van der Waals surface area contributed by atoms with Crippen LogP contribution in [0.3, 0.4) is 0 Å². The van der Waals surface area contributed by atoms with E-state index in [-0.39, 0.29) is 24.1 Å². The highest BCUT2D eigenvalue weighted by Crippen LogP contribution is 2.29. The summed E-state index contributed by atoms with van der Waals surface area (Å²) >= 11 is 0. The summed E-state index contributed by atoms with van der Waals surface area (Å²) in [5.41, 5.74) is 0. The minimum atomic E-state index is -0.324. The molecular formula is C24H42O3. The topological polar surface area (TPSA) is 46.5 Å². The molecule has 0 amide bonds. The molecule has 1 rings (SSSR count). The van der Waals surface area contributed by atoms with Crippen molar-refractivity contribution in [2.24, 2.45) is 5.92 Å². The zero-order valence-electron chi connectivity index (χ0n) is 17.7. The van der Waals surface area contributed by atoms with Crippen molar-refractivity contribution in [1.29, 1.82) is 0 Å². The third-order valence-electron chi connectivity index (χ3n) is 5.45. The molecule has 3 nitrogen and oxygen atoms in total. The van der Waals surface area contributed by atoms with Gasteiger partial charge in [-0.15, -0.1) is 0 Å². The maximum Gasteiger partial charge on any atom is 0.313 e. The van der Waals surface area contributed by atoms with Crippen LogP contribution in [0.25, 0.3) is 0 Å². The molecule has 1 N–H and O–H groups in total. The largest absolute Gasteiger partial charge is 0.461 e. The number of aliphatic hydroxyl groups excluding tert-OH is 1. The van der Waals surface area contributed by atoms with Crippen LogP contribution in [0, 0.1) is 5.92 Å². The Morgan fingerprint density at radius 1 is 0.926 bits per heavy atom. The van der Waals surface area contributed by atoms with Crippen LogP contribution in [0.2, 0.25) is 0 Å². The Morgan fingerprint density at radius 3 is 2.19 bits per heavy atom. The lowest BCUT2D eigenvalue weighted by Crippen LogP contribution is -2.46. The van der Waals surface area contributed by atoms with E-state index in [9.17, 15) is 9.90 Å². The first-order valence-corrected chi connectivity index (χ1v) is 11.4. The van der Waals surface area contributed by atoms with Gasteiger partial charge in [0.05, 0.1) is 12.0 Å². The highest BCUT2D eigenvalue weighted by molar-refractivity contribution is 5.78. The minimum Gasteiger partial charge on any atom is -0.461 e. The first-order chi connectivity index (χ1) is 13.2. The fourth-order valence-corrected chi connectivity index (χ4v) is 3.62. The molecule has 1 fully saturated rings. The molecule has 1 heterocycles. The Hall–Kier alpha value is -1.09. The van der Waals surface area contributed by atoms with E-state index in [1.165, 1.54) is 57.8 Å². The van der Waals surface area contributed by atoms with E-state index in [0.717, 1.165) is 25.7 Å². The van der Waals surface area contributed by atoms with E-state index in [2.05, 4.69) is 31.2 Å². The summed E-state index contributed by atoms with van der Waals surface area (Å²) in [7, 11) is 0. The van der Waals surface area contributed by atoms with Crippen molar-refractivity contribution in [3.63, 3.8) is 0 Å². The molecule has 27 heavy (non-hydrogen) atoms. The lowest BCUT2D eigenvalue weighted by Gasteiger charge is -2.35. The average molecular weight is 379 g/mol. The summed E-state index contributed by atoms with van der Waals surface area (Å²) in [5, 5.41) is 10.1. The van der Waals surface area contributed by atoms with Gasteiger partial charge in [-0.25, -0.2) is 0 Å².